The van der Waals surface area contributed by atoms with Crippen LogP contribution in [0.5, 0.6) is 0 Å². The molecule has 36 heavy (non-hydrogen) atoms. The standard InChI is InChI=1S/C28H39N5O2S/c1-19-22(27(19)33-11-12-36(31,35)26-6-3-2-5-21(26)15-33)14-25(32-18-28(17-29)9-4-10-28)23-13-20(16-34)7-8-24(23)30/h2-3,5-6,8,13-14,20,22,31-32,34H,4,7,9-12,15-18,29-30H2,1H3/b25-14+/t20?,22-,36?/m1/s1. The third-order valence-electron chi connectivity index (χ3n) is 8.47. The Balaban J connectivity index is 1.41. The molecule has 2 unspecified atom stereocenters. The van der Waals surface area contributed by atoms with E-state index in [0.29, 0.717) is 30.3 Å². The zero-order valence-corrected chi connectivity index (χ0v) is 21.9. The van der Waals surface area contributed by atoms with Crippen LogP contribution in [0.2, 0.25) is 0 Å². The van der Waals surface area contributed by atoms with Crippen LogP contribution in [0.25, 0.3) is 0 Å². The average Bonchev–Trinajstić information content (AvgIpc) is 3.51. The molecule has 1 fully saturated rings. The first-order chi connectivity index (χ1) is 17.3. The molecule has 1 aromatic carbocycles. The van der Waals surface area contributed by atoms with E-state index in [9.17, 15) is 9.32 Å². The highest BCUT2D eigenvalue weighted by Crippen LogP contribution is 2.46. The first-order valence-electron chi connectivity index (χ1n) is 13.0. The van der Waals surface area contributed by atoms with E-state index < -0.39 is 9.73 Å². The van der Waals surface area contributed by atoms with E-state index in [2.05, 4.69) is 29.3 Å². The quantitative estimate of drug-likeness (QED) is 0.366. The van der Waals surface area contributed by atoms with Gasteiger partial charge in [0.25, 0.3) is 0 Å². The average molecular weight is 510 g/mol. The van der Waals surface area contributed by atoms with Gasteiger partial charge in [0.05, 0.1) is 20.4 Å². The number of aliphatic hydroxyl groups excluding tert-OH is 1. The molecule has 0 aromatic heterocycles. The van der Waals surface area contributed by atoms with Gasteiger partial charge in [0.1, 0.15) is 0 Å². The van der Waals surface area contributed by atoms with Crippen LogP contribution in [0.15, 0.2) is 75.6 Å². The Hall–Kier alpha value is -2.55. The molecule has 0 spiro atoms. The molecule has 1 aromatic rings. The second kappa shape index (κ2) is 9.72. The lowest BCUT2D eigenvalue weighted by Crippen LogP contribution is -2.45. The molecule has 3 atom stereocenters. The Morgan fingerprint density at radius 1 is 1.36 bits per heavy atom. The second-order valence-corrected chi connectivity index (χ2v) is 13.1. The molecule has 1 heterocycles. The summed E-state index contributed by atoms with van der Waals surface area (Å²) in [5.41, 5.74) is 19.0. The highest BCUT2D eigenvalue weighted by Gasteiger charge is 2.39. The molecule has 0 amide bonds. The van der Waals surface area contributed by atoms with Gasteiger partial charge in [0.2, 0.25) is 0 Å². The molecule has 1 aliphatic heterocycles. The van der Waals surface area contributed by atoms with Crippen molar-refractivity contribution in [2.45, 2.75) is 44.0 Å². The highest BCUT2D eigenvalue weighted by molar-refractivity contribution is 7.92. The number of nitrogens with one attached hydrogen (secondary N) is 2. The minimum Gasteiger partial charge on any atom is -0.398 e. The van der Waals surface area contributed by atoms with Gasteiger partial charge < -0.3 is 26.8 Å². The minimum atomic E-state index is -2.79. The molecule has 0 saturated heterocycles. The number of rotatable bonds is 8. The number of hydrogen-bond donors (Lipinski definition) is 5. The molecule has 1 saturated carbocycles. The molecule has 7 N–H and O–H groups in total. The Morgan fingerprint density at radius 3 is 2.83 bits per heavy atom. The first kappa shape index (κ1) is 25.1. The molecule has 7 nitrogen and oxygen atoms in total. The smallest absolute Gasteiger partial charge is 0.0746 e. The van der Waals surface area contributed by atoms with Crippen LogP contribution in [0.1, 0.15) is 38.2 Å². The van der Waals surface area contributed by atoms with Crippen LogP contribution in [-0.4, -0.2) is 46.2 Å². The van der Waals surface area contributed by atoms with Crippen molar-refractivity contribution in [1.82, 2.24) is 10.2 Å². The molecular formula is C28H39N5O2S. The maximum Gasteiger partial charge on any atom is 0.0746 e. The largest absolute Gasteiger partial charge is 0.398 e. The summed E-state index contributed by atoms with van der Waals surface area (Å²) < 4.78 is 21.5. The van der Waals surface area contributed by atoms with Crippen molar-refractivity contribution in [3.8, 4) is 0 Å². The van der Waals surface area contributed by atoms with Gasteiger partial charge in [0, 0.05) is 60.7 Å². The zero-order chi connectivity index (χ0) is 25.5. The number of hydrogen-bond acceptors (Lipinski definition) is 7. The number of fused-ring (bicyclic) bond motifs is 1. The number of allylic oxidation sites excluding steroid dienone is 3. The van der Waals surface area contributed by atoms with E-state index in [0.717, 1.165) is 48.3 Å². The molecule has 5 rings (SSSR count). The summed E-state index contributed by atoms with van der Waals surface area (Å²) >= 11 is 0. The maximum absolute atomic E-state index is 13.1. The molecule has 0 radical (unpaired) electrons. The van der Waals surface area contributed by atoms with Gasteiger partial charge in [-0.3, -0.25) is 0 Å². The van der Waals surface area contributed by atoms with Gasteiger partial charge in [-0.05, 0) is 61.4 Å². The van der Waals surface area contributed by atoms with Crippen molar-refractivity contribution in [2.24, 2.45) is 28.7 Å². The summed E-state index contributed by atoms with van der Waals surface area (Å²) in [5.74, 6) is 0.558. The van der Waals surface area contributed by atoms with Crippen LogP contribution in [0.3, 0.4) is 0 Å². The van der Waals surface area contributed by atoms with E-state index in [1.54, 1.807) is 0 Å². The van der Waals surface area contributed by atoms with Crippen molar-refractivity contribution in [1.29, 1.82) is 4.78 Å². The Morgan fingerprint density at radius 2 is 2.14 bits per heavy atom. The molecular weight excluding hydrogens is 470 g/mol. The summed E-state index contributed by atoms with van der Waals surface area (Å²) in [6.45, 7) is 5.00. The van der Waals surface area contributed by atoms with Crippen molar-refractivity contribution < 1.29 is 9.32 Å². The summed E-state index contributed by atoms with van der Waals surface area (Å²) in [6, 6.07) is 7.68. The topological polar surface area (TPSA) is 128 Å². The number of nitrogens with two attached hydrogens (primary N) is 2. The molecule has 8 heteroatoms. The van der Waals surface area contributed by atoms with Crippen LogP contribution in [-0.2, 0) is 16.3 Å². The van der Waals surface area contributed by atoms with Crippen molar-refractivity contribution in [3.05, 3.63) is 76.3 Å². The minimum absolute atomic E-state index is 0.0599. The maximum atomic E-state index is 13.1. The lowest BCUT2D eigenvalue weighted by molar-refractivity contribution is 0.146. The van der Waals surface area contributed by atoms with E-state index in [1.165, 1.54) is 17.7 Å². The van der Waals surface area contributed by atoms with Gasteiger partial charge in [-0.25, -0.2) is 8.99 Å². The third kappa shape index (κ3) is 4.74. The fraction of sp³-hybridized carbons (Fsp3) is 0.500. The fourth-order valence-electron chi connectivity index (χ4n) is 5.77. The van der Waals surface area contributed by atoms with Crippen LogP contribution < -0.4 is 16.8 Å². The predicted molar refractivity (Wildman–Crippen MR) is 144 cm³/mol. The molecule has 3 aliphatic carbocycles. The van der Waals surface area contributed by atoms with Crippen LogP contribution in [0, 0.1) is 22.0 Å². The van der Waals surface area contributed by atoms with Gasteiger partial charge in [-0.15, -0.1) is 0 Å². The Kier molecular flexibility index (Phi) is 6.78. The lowest BCUT2D eigenvalue weighted by Gasteiger charge is -2.41. The highest BCUT2D eigenvalue weighted by atomic mass is 32.2. The van der Waals surface area contributed by atoms with Gasteiger partial charge in [-0.2, -0.15) is 0 Å². The van der Waals surface area contributed by atoms with Gasteiger partial charge >= 0.3 is 0 Å². The fourth-order valence-corrected chi connectivity index (χ4v) is 7.32. The van der Waals surface area contributed by atoms with Crippen molar-refractivity contribution in [3.63, 3.8) is 0 Å². The molecule has 194 valence electrons. The molecule has 0 bridgehead atoms. The van der Waals surface area contributed by atoms with Gasteiger partial charge in [0.15, 0.2) is 0 Å². The number of nitrogens with zero attached hydrogens (tertiary/aromatic N) is 1. The van der Waals surface area contributed by atoms with Crippen LogP contribution >= 0.6 is 0 Å². The monoisotopic (exact) mass is 509 g/mol. The third-order valence-corrected chi connectivity index (χ3v) is 10.3. The van der Waals surface area contributed by atoms with Crippen LogP contribution in [0.4, 0.5) is 0 Å². The summed E-state index contributed by atoms with van der Waals surface area (Å²) in [4.78, 5) is 2.97. The Labute approximate surface area is 215 Å². The second-order valence-electron chi connectivity index (χ2n) is 10.9. The number of aliphatic hydroxyl groups is 1. The van der Waals surface area contributed by atoms with E-state index >= 15 is 0 Å². The first-order valence-corrected chi connectivity index (χ1v) is 14.7. The summed E-state index contributed by atoms with van der Waals surface area (Å²) in [5, 5.41) is 13.5. The zero-order valence-electron chi connectivity index (χ0n) is 21.1. The van der Waals surface area contributed by atoms with Crippen molar-refractivity contribution in [2.75, 3.05) is 32.0 Å². The van der Waals surface area contributed by atoms with Gasteiger partial charge in [-0.1, -0.05) is 36.8 Å². The van der Waals surface area contributed by atoms with E-state index in [-0.39, 0.29) is 23.9 Å². The summed E-state index contributed by atoms with van der Waals surface area (Å²) in [6.07, 6.45) is 10.6. The summed E-state index contributed by atoms with van der Waals surface area (Å²) in [7, 11) is -2.79. The van der Waals surface area contributed by atoms with E-state index in [4.69, 9.17) is 16.2 Å². The Bertz CT molecular complexity index is 1250. The lowest BCUT2D eigenvalue weighted by atomic mass is 9.68. The molecule has 4 aliphatic rings. The van der Waals surface area contributed by atoms with E-state index in [1.807, 2.05) is 30.3 Å². The number of benzene rings is 1. The van der Waals surface area contributed by atoms with Crippen molar-refractivity contribution >= 4 is 9.73 Å². The normalized spacial score (nSPS) is 29.5. The SMILES string of the molecule is CC1=C(N2CCS(=N)(=O)c3ccccc3C2)[C@@H]1/C=C(/NCC1(CN)CCC1)C1=CC(CO)CC=C1N. The predicted octanol–water partition coefficient (Wildman–Crippen LogP) is 3.20.